The Morgan fingerprint density at radius 1 is 1.38 bits per heavy atom. The van der Waals surface area contributed by atoms with E-state index < -0.39 is 6.10 Å². The summed E-state index contributed by atoms with van der Waals surface area (Å²) in [5.41, 5.74) is 7.83. The zero-order valence-electron chi connectivity index (χ0n) is 16.8. The van der Waals surface area contributed by atoms with Crippen LogP contribution in [0.25, 0.3) is 0 Å². The van der Waals surface area contributed by atoms with Gasteiger partial charge in [-0.2, -0.15) is 0 Å². The van der Waals surface area contributed by atoms with Crippen LogP contribution in [-0.4, -0.2) is 58.3 Å². The highest BCUT2D eigenvalue weighted by Crippen LogP contribution is 2.40. The van der Waals surface area contributed by atoms with Crippen LogP contribution in [0.1, 0.15) is 37.9 Å². The number of nitrogens with zero attached hydrogens (tertiary/aromatic N) is 3. The van der Waals surface area contributed by atoms with Crippen molar-refractivity contribution in [3.05, 3.63) is 41.9 Å². The normalized spacial score (nSPS) is 21.5. The second-order valence-electron chi connectivity index (χ2n) is 8.03. The van der Waals surface area contributed by atoms with Crippen molar-refractivity contribution in [2.24, 2.45) is 0 Å². The molecule has 2 aliphatic rings. The topological polar surface area (TPSA) is 118 Å². The number of hydrogen-bond acceptors (Lipinski definition) is 8. The highest BCUT2D eigenvalue weighted by molar-refractivity contribution is 6.13. The summed E-state index contributed by atoms with van der Waals surface area (Å²) in [6.07, 6.45) is 2.69. The minimum Gasteiger partial charge on any atom is -0.488 e. The van der Waals surface area contributed by atoms with Gasteiger partial charge in [0, 0.05) is 30.4 Å². The van der Waals surface area contributed by atoms with Crippen LogP contribution in [0.5, 0.6) is 5.75 Å². The van der Waals surface area contributed by atoms with E-state index in [9.17, 15) is 5.11 Å². The molecule has 8 heteroatoms. The Morgan fingerprint density at radius 2 is 2.17 bits per heavy atom. The number of aliphatic hydroxyl groups is 1. The van der Waals surface area contributed by atoms with Gasteiger partial charge in [-0.1, -0.05) is 0 Å². The summed E-state index contributed by atoms with van der Waals surface area (Å²) in [4.78, 5) is 10.7. The number of nitrogen functional groups attached to an aromatic ring is 1. The van der Waals surface area contributed by atoms with Crippen LogP contribution in [0.3, 0.4) is 0 Å². The quantitative estimate of drug-likeness (QED) is 0.504. The van der Waals surface area contributed by atoms with Crippen molar-refractivity contribution in [1.29, 1.82) is 5.41 Å². The first-order chi connectivity index (χ1) is 13.8. The molecule has 4 N–H and O–H groups in total. The number of aliphatic hydroxyl groups excluding tert-OH is 1. The van der Waals surface area contributed by atoms with Crippen molar-refractivity contribution in [2.75, 3.05) is 30.3 Å². The Hall–Kier alpha value is -2.71. The largest absolute Gasteiger partial charge is 0.488 e. The van der Waals surface area contributed by atoms with Crippen molar-refractivity contribution in [3.63, 3.8) is 0 Å². The molecule has 0 radical (unpaired) electrons. The standard InChI is InChI=1S/C21H27N5O3/c1-13(27)18-11-26(7-8-28-18)19-10-17(24-12-25-19)20(23)15-9-14(3-4-16(15)22)29-21(2)5-6-21/h3-4,9-10,12-13,18,23,27H,5-8,11,22H2,1-2H3. The molecule has 1 saturated carbocycles. The number of nitrogens with two attached hydrogens (primary N) is 1. The van der Waals surface area contributed by atoms with Crippen LogP contribution < -0.4 is 15.4 Å². The molecule has 2 aromatic rings. The third-order valence-corrected chi connectivity index (χ3v) is 5.48. The Balaban J connectivity index is 1.56. The second kappa shape index (κ2) is 7.61. The number of benzene rings is 1. The Labute approximate surface area is 170 Å². The van der Waals surface area contributed by atoms with Gasteiger partial charge < -0.3 is 25.2 Å². The number of anilines is 2. The third-order valence-electron chi connectivity index (χ3n) is 5.48. The molecule has 0 spiro atoms. The molecule has 2 fully saturated rings. The summed E-state index contributed by atoms with van der Waals surface area (Å²) in [6, 6.07) is 7.19. The summed E-state index contributed by atoms with van der Waals surface area (Å²) >= 11 is 0. The fourth-order valence-corrected chi connectivity index (χ4v) is 3.35. The smallest absolute Gasteiger partial charge is 0.132 e. The zero-order chi connectivity index (χ0) is 20.6. The van der Waals surface area contributed by atoms with Gasteiger partial charge in [0.1, 0.15) is 29.6 Å². The van der Waals surface area contributed by atoms with Crippen molar-refractivity contribution in [1.82, 2.24) is 9.97 Å². The van der Waals surface area contributed by atoms with E-state index in [2.05, 4.69) is 16.9 Å². The molecule has 2 unspecified atom stereocenters. The van der Waals surface area contributed by atoms with Gasteiger partial charge in [-0.05, 0) is 44.9 Å². The van der Waals surface area contributed by atoms with Gasteiger partial charge in [0.15, 0.2) is 0 Å². The fourth-order valence-electron chi connectivity index (χ4n) is 3.35. The van der Waals surface area contributed by atoms with Crippen LogP contribution in [0.4, 0.5) is 11.5 Å². The van der Waals surface area contributed by atoms with Crippen LogP contribution in [0.15, 0.2) is 30.6 Å². The van der Waals surface area contributed by atoms with E-state index in [1.807, 2.05) is 11.0 Å². The summed E-state index contributed by atoms with van der Waals surface area (Å²) in [5.74, 6) is 1.41. The van der Waals surface area contributed by atoms with E-state index in [4.69, 9.17) is 20.6 Å². The second-order valence-corrected chi connectivity index (χ2v) is 8.03. The van der Waals surface area contributed by atoms with E-state index in [1.54, 1.807) is 25.1 Å². The Morgan fingerprint density at radius 3 is 2.90 bits per heavy atom. The minimum atomic E-state index is -0.562. The predicted molar refractivity (Wildman–Crippen MR) is 111 cm³/mol. The zero-order valence-corrected chi connectivity index (χ0v) is 16.8. The Kier molecular flexibility index (Phi) is 5.14. The lowest BCUT2D eigenvalue weighted by molar-refractivity contribution is -0.0366. The van der Waals surface area contributed by atoms with Crippen LogP contribution in [-0.2, 0) is 4.74 Å². The van der Waals surface area contributed by atoms with Crippen molar-refractivity contribution in [2.45, 2.75) is 44.5 Å². The maximum atomic E-state index is 9.83. The summed E-state index contributed by atoms with van der Waals surface area (Å²) in [5, 5.41) is 18.5. The minimum absolute atomic E-state index is 0.103. The molecule has 2 heterocycles. The van der Waals surface area contributed by atoms with Gasteiger partial charge >= 0.3 is 0 Å². The molecule has 1 aromatic heterocycles. The molecule has 4 rings (SSSR count). The molecule has 29 heavy (non-hydrogen) atoms. The molecule has 8 nitrogen and oxygen atoms in total. The number of hydrogen-bond donors (Lipinski definition) is 3. The van der Waals surface area contributed by atoms with E-state index in [0.717, 1.165) is 12.8 Å². The molecule has 1 aliphatic carbocycles. The van der Waals surface area contributed by atoms with E-state index >= 15 is 0 Å². The lowest BCUT2D eigenvalue weighted by Gasteiger charge is -2.35. The average molecular weight is 397 g/mol. The molecule has 0 bridgehead atoms. The molecule has 2 atom stereocenters. The highest BCUT2D eigenvalue weighted by atomic mass is 16.5. The van der Waals surface area contributed by atoms with Gasteiger partial charge in [-0.25, -0.2) is 9.97 Å². The van der Waals surface area contributed by atoms with Gasteiger partial charge in [0.05, 0.1) is 24.1 Å². The fraction of sp³-hybridized carbons (Fsp3) is 0.476. The lowest BCUT2D eigenvalue weighted by atomic mass is 10.0. The van der Waals surface area contributed by atoms with Crippen LogP contribution in [0, 0.1) is 5.41 Å². The SMILES string of the molecule is CC(O)C1CN(c2cc(C(=N)c3cc(OC4(C)CC4)ccc3N)ncn2)CCO1. The van der Waals surface area contributed by atoms with Crippen molar-refractivity contribution >= 4 is 17.2 Å². The first-order valence-electron chi connectivity index (χ1n) is 9.89. The molecule has 1 aromatic carbocycles. The monoisotopic (exact) mass is 397 g/mol. The molecule has 1 aliphatic heterocycles. The number of aromatic nitrogens is 2. The lowest BCUT2D eigenvalue weighted by Crippen LogP contribution is -2.47. The van der Waals surface area contributed by atoms with Crippen LogP contribution in [0.2, 0.25) is 0 Å². The first-order valence-corrected chi connectivity index (χ1v) is 9.89. The third kappa shape index (κ3) is 4.33. The van der Waals surface area contributed by atoms with E-state index in [-0.39, 0.29) is 17.4 Å². The van der Waals surface area contributed by atoms with Gasteiger partial charge in [-0.3, -0.25) is 5.41 Å². The summed E-state index contributed by atoms with van der Waals surface area (Å²) in [7, 11) is 0. The van der Waals surface area contributed by atoms with Crippen molar-refractivity contribution < 1.29 is 14.6 Å². The van der Waals surface area contributed by atoms with E-state index in [1.165, 1.54) is 6.33 Å². The molecule has 1 saturated heterocycles. The molecular formula is C21H27N5O3. The number of morpholine rings is 1. The number of ether oxygens (including phenoxy) is 2. The van der Waals surface area contributed by atoms with Gasteiger partial charge in [0.2, 0.25) is 0 Å². The van der Waals surface area contributed by atoms with Crippen molar-refractivity contribution in [3.8, 4) is 5.75 Å². The van der Waals surface area contributed by atoms with Crippen LogP contribution >= 0.6 is 0 Å². The summed E-state index contributed by atoms with van der Waals surface area (Å²) in [6.45, 7) is 5.50. The number of nitrogens with one attached hydrogen (secondary N) is 1. The van der Waals surface area contributed by atoms with Gasteiger partial charge in [0.25, 0.3) is 0 Å². The maximum Gasteiger partial charge on any atom is 0.132 e. The average Bonchev–Trinajstić information content (AvgIpc) is 3.45. The molecule has 0 amide bonds. The first kappa shape index (κ1) is 19.6. The predicted octanol–water partition coefficient (Wildman–Crippen LogP) is 1.99. The van der Waals surface area contributed by atoms with Gasteiger partial charge in [-0.15, -0.1) is 0 Å². The molecular weight excluding hydrogens is 370 g/mol. The number of rotatable bonds is 6. The molecule has 154 valence electrons. The Bertz CT molecular complexity index is 913. The summed E-state index contributed by atoms with van der Waals surface area (Å²) < 4.78 is 11.6. The van der Waals surface area contributed by atoms with E-state index in [0.29, 0.717) is 48.2 Å². The highest BCUT2D eigenvalue weighted by Gasteiger charge is 2.40. The maximum absolute atomic E-state index is 9.83.